The fourth-order valence-electron chi connectivity index (χ4n) is 1.57. The molecular formula is C14H16N2O2S. The number of thiazole rings is 1. The first-order valence-electron chi connectivity index (χ1n) is 6.07. The SMILES string of the molecule is CCOC(=O)c1csc(Nc2ccc(C)c(C)c2)n1. The van der Waals surface area contributed by atoms with E-state index in [1.807, 2.05) is 6.07 Å². The van der Waals surface area contributed by atoms with Gasteiger partial charge in [-0.15, -0.1) is 11.3 Å². The van der Waals surface area contributed by atoms with Gasteiger partial charge in [0.2, 0.25) is 0 Å². The lowest BCUT2D eigenvalue weighted by atomic mass is 10.1. The Hall–Kier alpha value is -1.88. The van der Waals surface area contributed by atoms with Crippen LogP contribution in [0.5, 0.6) is 0 Å². The zero-order valence-electron chi connectivity index (χ0n) is 11.2. The van der Waals surface area contributed by atoms with E-state index in [1.54, 1.807) is 12.3 Å². The van der Waals surface area contributed by atoms with E-state index in [-0.39, 0.29) is 5.97 Å². The molecule has 1 heterocycles. The van der Waals surface area contributed by atoms with Gasteiger partial charge in [0, 0.05) is 11.1 Å². The number of benzene rings is 1. The van der Waals surface area contributed by atoms with Gasteiger partial charge in [-0.3, -0.25) is 0 Å². The van der Waals surface area contributed by atoms with Crippen LogP contribution in [0.25, 0.3) is 0 Å². The largest absolute Gasteiger partial charge is 0.461 e. The second-order valence-electron chi connectivity index (χ2n) is 4.18. The quantitative estimate of drug-likeness (QED) is 0.865. The molecule has 2 aromatic rings. The molecule has 2 rings (SSSR count). The Kier molecular flexibility index (Phi) is 4.16. The number of esters is 1. The van der Waals surface area contributed by atoms with Crippen LogP contribution < -0.4 is 5.32 Å². The predicted molar refractivity (Wildman–Crippen MR) is 77.3 cm³/mol. The maximum atomic E-state index is 11.5. The van der Waals surface area contributed by atoms with Crippen LogP contribution in [-0.4, -0.2) is 17.6 Å². The van der Waals surface area contributed by atoms with Crippen LogP contribution in [0.15, 0.2) is 23.6 Å². The summed E-state index contributed by atoms with van der Waals surface area (Å²) in [7, 11) is 0. The van der Waals surface area contributed by atoms with Gasteiger partial charge >= 0.3 is 5.97 Å². The number of nitrogens with one attached hydrogen (secondary N) is 1. The van der Waals surface area contributed by atoms with Gasteiger partial charge < -0.3 is 10.1 Å². The van der Waals surface area contributed by atoms with E-state index in [1.165, 1.54) is 22.5 Å². The van der Waals surface area contributed by atoms with E-state index in [2.05, 4.69) is 36.3 Å². The highest BCUT2D eigenvalue weighted by atomic mass is 32.1. The molecule has 1 aromatic heterocycles. The van der Waals surface area contributed by atoms with Gasteiger partial charge in [-0.2, -0.15) is 0 Å². The van der Waals surface area contributed by atoms with E-state index in [9.17, 15) is 4.79 Å². The third-order valence-corrected chi connectivity index (χ3v) is 3.50. The minimum atomic E-state index is -0.383. The zero-order chi connectivity index (χ0) is 13.8. The number of anilines is 2. The second-order valence-corrected chi connectivity index (χ2v) is 5.04. The number of rotatable bonds is 4. The third kappa shape index (κ3) is 3.32. The predicted octanol–water partition coefficient (Wildman–Crippen LogP) is 3.68. The van der Waals surface area contributed by atoms with Gasteiger partial charge in [0.05, 0.1) is 6.61 Å². The minimum Gasteiger partial charge on any atom is -0.461 e. The molecule has 19 heavy (non-hydrogen) atoms. The van der Waals surface area contributed by atoms with E-state index >= 15 is 0 Å². The topological polar surface area (TPSA) is 51.2 Å². The fourth-order valence-corrected chi connectivity index (χ4v) is 2.27. The molecule has 0 fully saturated rings. The molecule has 100 valence electrons. The summed E-state index contributed by atoms with van der Waals surface area (Å²) in [6, 6.07) is 6.10. The molecule has 1 aromatic carbocycles. The number of carbonyl (C=O) groups is 1. The van der Waals surface area contributed by atoms with Crippen molar-refractivity contribution in [2.45, 2.75) is 20.8 Å². The van der Waals surface area contributed by atoms with Crippen LogP contribution in [0.3, 0.4) is 0 Å². The molecule has 0 aliphatic carbocycles. The molecule has 0 radical (unpaired) electrons. The van der Waals surface area contributed by atoms with Crippen LogP contribution >= 0.6 is 11.3 Å². The fraction of sp³-hybridized carbons (Fsp3) is 0.286. The molecule has 0 bridgehead atoms. The monoisotopic (exact) mass is 276 g/mol. The number of nitrogens with zero attached hydrogens (tertiary/aromatic N) is 1. The van der Waals surface area contributed by atoms with Gasteiger partial charge in [-0.1, -0.05) is 6.07 Å². The second kappa shape index (κ2) is 5.84. The molecule has 0 aliphatic heterocycles. The Morgan fingerprint density at radius 1 is 1.37 bits per heavy atom. The van der Waals surface area contributed by atoms with Crippen LogP contribution in [0.4, 0.5) is 10.8 Å². The standard InChI is InChI=1S/C14H16N2O2S/c1-4-18-13(17)12-8-19-14(16-12)15-11-6-5-9(2)10(3)7-11/h5-8H,4H2,1-3H3,(H,15,16). The van der Waals surface area contributed by atoms with Gasteiger partial charge in [-0.25, -0.2) is 9.78 Å². The van der Waals surface area contributed by atoms with Crippen molar-refractivity contribution in [2.24, 2.45) is 0 Å². The van der Waals surface area contributed by atoms with Crippen LogP contribution in [0, 0.1) is 13.8 Å². The Balaban J connectivity index is 2.11. The summed E-state index contributed by atoms with van der Waals surface area (Å²) in [5, 5.41) is 5.57. The van der Waals surface area contributed by atoms with Gasteiger partial charge in [-0.05, 0) is 44.0 Å². The van der Waals surface area contributed by atoms with E-state index in [4.69, 9.17) is 4.74 Å². The Bertz CT molecular complexity index is 593. The van der Waals surface area contributed by atoms with Crippen molar-refractivity contribution >= 4 is 28.1 Å². The van der Waals surface area contributed by atoms with Crippen LogP contribution in [-0.2, 0) is 4.74 Å². The zero-order valence-corrected chi connectivity index (χ0v) is 12.0. The number of aryl methyl sites for hydroxylation is 2. The number of aromatic nitrogens is 1. The molecule has 0 atom stereocenters. The average molecular weight is 276 g/mol. The van der Waals surface area contributed by atoms with Crippen molar-refractivity contribution < 1.29 is 9.53 Å². The summed E-state index contributed by atoms with van der Waals surface area (Å²) in [6.45, 7) is 6.27. The van der Waals surface area contributed by atoms with Crippen molar-refractivity contribution in [2.75, 3.05) is 11.9 Å². The highest BCUT2D eigenvalue weighted by Crippen LogP contribution is 2.23. The van der Waals surface area contributed by atoms with Crippen molar-refractivity contribution in [1.82, 2.24) is 4.98 Å². The Morgan fingerprint density at radius 3 is 2.84 bits per heavy atom. The van der Waals surface area contributed by atoms with Crippen molar-refractivity contribution in [1.29, 1.82) is 0 Å². The summed E-state index contributed by atoms with van der Waals surface area (Å²) in [5.74, 6) is -0.383. The number of hydrogen-bond donors (Lipinski definition) is 1. The van der Waals surface area contributed by atoms with Gasteiger partial charge in [0.25, 0.3) is 0 Å². The molecular weight excluding hydrogens is 260 g/mol. The van der Waals surface area contributed by atoms with E-state index in [0.29, 0.717) is 17.4 Å². The van der Waals surface area contributed by atoms with Gasteiger partial charge in [0.1, 0.15) is 0 Å². The molecule has 0 saturated heterocycles. The molecule has 0 aliphatic rings. The maximum absolute atomic E-state index is 11.5. The lowest BCUT2D eigenvalue weighted by molar-refractivity contribution is 0.0520. The third-order valence-electron chi connectivity index (χ3n) is 2.75. The molecule has 0 unspecified atom stereocenters. The summed E-state index contributed by atoms with van der Waals surface area (Å²) >= 11 is 1.39. The molecule has 0 saturated carbocycles. The molecule has 1 N–H and O–H groups in total. The highest BCUT2D eigenvalue weighted by molar-refractivity contribution is 7.14. The number of ether oxygens (including phenoxy) is 1. The van der Waals surface area contributed by atoms with Crippen LogP contribution in [0.1, 0.15) is 28.5 Å². The minimum absolute atomic E-state index is 0.346. The first kappa shape index (κ1) is 13.5. The Labute approximate surface area is 116 Å². The molecule has 0 amide bonds. The maximum Gasteiger partial charge on any atom is 0.357 e. The van der Waals surface area contributed by atoms with E-state index in [0.717, 1.165) is 5.69 Å². The lowest BCUT2D eigenvalue weighted by Crippen LogP contribution is -2.05. The average Bonchev–Trinajstić information content (AvgIpc) is 2.83. The summed E-state index contributed by atoms with van der Waals surface area (Å²) in [6.07, 6.45) is 0. The molecule has 0 spiro atoms. The lowest BCUT2D eigenvalue weighted by Gasteiger charge is -2.05. The summed E-state index contributed by atoms with van der Waals surface area (Å²) in [4.78, 5) is 15.7. The first-order chi connectivity index (χ1) is 9.10. The number of carbonyl (C=O) groups excluding carboxylic acids is 1. The smallest absolute Gasteiger partial charge is 0.357 e. The van der Waals surface area contributed by atoms with E-state index < -0.39 is 0 Å². The molecule has 5 heteroatoms. The van der Waals surface area contributed by atoms with Crippen molar-refractivity contribution in [3.8, 4) is 0 Å². The van der Waals surface area contributed by atoms with Crippen molar-refractivity contribution in [3.63, 3.8) is 0 Å². The number of hydrogen-bond acceptors (Lipinski definition) is 5. The summed E-state index contributed by atoms with van der Waals surface area (Å²) in [5.41, 5.74) is 3.77. The van der Waals surface area contributed by atoms with Crippen molar-refractivity contribution in [3.05, 3.63) is 40.4 Å². The van der Waals surface area contributed by atoms with Crippen LogP contribution in [0.2, 0.25) is 0 Å². The Morgan fingerprint density at radius 2 is 2.16 bits per heavy atom. The van der Waals surface area contributed by atoms with Gasteiger partial charge in [0.15, 0.2) is 10.8 Å². The first-order valence-corrected chi connectivity index (χ1v) is 6.95. The highest BCUT2D eigenvalue weighted by Gasteiger charge is 2.11. The summed E-state index contributed by atoms with van der Waals surface area (Å²) < 4.78 is 4.90. The normalized spacial score (nSPS) is 10.3. The molecule has 4 nitrogen and oxygen atoms in total.